The van der Waals surface area contributed by atoms with Gasteiger partial charge in [-0.15, -0.1) is 22.7 Å². The molecule has 0 aliphatic heterocycles. The predicted molar refractivity (Wildman–Crippen MR) is 152 cm³/mol. The Kier molecular flexibility index (Phi) is 8.46. The highest BCUT2D eigenvalue weighted by Gasteiger charge is 2.48. The molecule has 3 heterocycles. The number of carbonyl (C=O) groups excluding carboxylic acids is 1. The molecule has 0 saturated heterocycles. The highest BCUT2D eigenvalue weighted by atomic mass is 32.1. The van der Waals surface area contributed by atoms with Crippen LogP contribution in [-0.4, -0.2) is 52.6 Å². The molecule has 206 valence electrons. The van der Waals surface area contributed by atoms with Crippen molar-refractivity contribution in [3.05, 3.63) is 79.1 Å². The van der Waals surface area contributed by atoms with Crippen LogP contribution in [0, 0.1) is 0 Å². The lowest BCUT2D eigenvalue weighted by molar-refractivity contribution is -0.170. The highest BCUT2D eigenvalue weighted by Crippen LogP contribution is 2.42. The quantitative estimate of drug-likeness (QED) is 0.236. The Bertz CT molecular complexity index is 1410. The van der Waals surface area contributed by atoms with Gasteiger partial charge in [-0.25, -0.2) is 9.59 Å². The second-order valence-electron chi connectivity index (χ2n) is 10.0. The number of aryl methyl sites for hydroxylation is 1. The maximum absolute atomic E-state index is 12.7. The van der Waals surface area contributed by atoms with Crippen molar-refractivity contribution in [2.24, 2.45) is 0 Å². The summed E-state index contributed by atoms with van der Waals surface area (Å²) in [6.45, 7) is 1.37. The lowest BCUT2D eigenvalue weighted by atomic mass is 9.90. The molecule has 1 aromatic carbocycles. The number of aliphatic carboxylic acids is 1. The van der Waals surface area contributed by atoms with E-state index in [2.05, 4.69) is 11.9 Å². The van der Waals surface area contributed by atoms with Gasteiger partial charge >= 0.3 is 11.7 Å². The summed E-state index contributed by atoms with van der Waals surface area (Å²) in [5.41, 5.74) is 0.603. The van der Waals surface area contributed by atoms with E-state index in [1.54, 1.807) is 10.6 Å². The van der Waals surface area contributed by atoms with Crippen LogP contribution in [0.1, 0.15) is 47.4 Å². The first-order chi connectivity index (χ1) is 18.9. The van der Waals surface area contributed by atoms with E-state index in [1.165, 1.54) is 22.7 Å². The number of thiophene rings is 2. The topological polar surface area (TPSA) is 102 Å². The van der Waals surface area contributed by atoms with Gasteiger partial charge in [0.05, 0.1) is 21.4 Å². The van der Waals surface area contributed by atoms with Gasteiger partial charge in [-0.3, -0.25) is 4.57 Å². The Morgan fingerprint density at radius 2 is 1.85 bits per heavy atom. The van der Waals surface area contributed by atoms with Crippen molar-refractivity contribution in [3.63, 3.8) is 0 Å². The summed E-state index contributed by atoms with van der Waals surface area (Å²) >= 11 is 2.82. The summed E-state index contributed by atoms with van der Waals surface area (Å²) in [5, 5.41) is 14.2. The van der Waals surface area contributed by atoms with Crippen LogP contribution in [0.2, 0.25) is 0 Å². The monoisotopic (exact) mass is 568 g/mol. The molecule has 4 aromatic rings. The van der Waals surface area contributed by atoms with Crippen LogP contribution >= 0.6 is 22.7 Å². The van der Waals surface area contributed by atoms with E-state index in [0.29, 0.717) is 34.3 Å². The molecule has 5 rings (SSSR count). The molecule has 1 saturated carbocycles. The lowest BCUT2D eigenvalue weighted by Crippen LogP contribution is -2.44. The van der Waals surface area contributed by atoms with Gasteiger partial charge in [-0.2, -0.15) is 0 Å². The Hall–Kier alpha value is -3.05. The number of hydrogen-bond donors (Lipinski definition) is 1. The van der Waals surface area contributed by atoms with Crippen molar-refractivity contribution in [2.75, 3.05) is 13.6 Å². The summed E-state index contributed by atoms with van der Waals surface area (Å²) in [6.07, 6.45) is 5.18. The number of aromatic nitrogens is 1. The molecular formula is C29H32N2O6S2. The number of hydrogen-bond acceptors (Lipinski definition) is 8. The van der Waals surface area contributed by atoms with Crippen molar-refractivity contribution in [1.29, 1.82) is 0 Å². The maximum Gasteiger partial charge on any atom is 0.419 e. The predicted octanol–water partition coefficient (Wildman–Crippen LogP) is 5.14. The van der Waals surface area contributed by atoms with Gasteiger partial charge in [-0.05, 0) is 86.3 Å². The molecule has 0 bridgehead atoms. The molecule has 0 radical (unpaired) electrons. The van der Waals surface area contributed by atoms with Crippen molar-refractivity contribution in [2.45, 2.75) is 62.8 Å². The number of aldehydes is 1. The van der Waals surface area contributed by atoms with Crippen molar-refractivity contribution in [3.8, 4) is 0 Å². The van der Waals surface area contributed by atoms with Crippen molar-refractivity contribution < 1.29 is 23.8 Å². The Morgan fingerprint density at radius 1 is 1.15 bits per heavy atom. The van der Waals surface area contributed by atoms with Gasteiger partial charge in [0.2, 0.25) is 5.60 Å². The fraction of sp³-hybridized carbons (Fsp3) is 0.414. The van der Waals surface area contributed by atoms with E-state index in [9.17, 15) is 19.5 Å². The van der Waals surface area contributed by atoms with E-state index >= 15 is 0 Å². The van der Waals surface area contributed by atoms with Crippen LogP contribution in [0.4, 0.5) is 0 Å². The molecule has 0 amide bonds. The smallest absolute Gasteiger partial charge is 0.419 e. The number of ether oxygens (including phenoxy) is 1. The van der Waals surface area contributed by atoms with Gasteiger partial charge in [0.25, 0.3) is 0 Å². The molecule has 1 aliphatic carbocycles. The van der Waals surface area contributed by atoms with Gasteiger partial charge in [0.1, 0.15) is 6.29 Å². The molecule has 0 atom stereocenters. The SMILES string of the molecule is CN(CCCn1c(=O)oc2cc(CC=O)ccc21)C1CCC(OC(C(=O)O)(c2cccs2)c2cccs2)CC1. The number of benzene rings is 1. The van der Waals surface area contributed by atoms with Crippen LogP contribution in [-0.2, 0) is 32.9 Å². The molecule has 8 nitrogen and oxygen atoms in total. The third kappa shape index (κ3) is 5.65. The van der Waals surface area contributed by atoms with E-state index in [4.69, 9.17) is 9.15 Å². The second kappa shape index (κ2) is 12.0. The summed E-state index contributed by atoms with van der Waals surface area (Å²) in [5.74, 6) is -1.36. The molecule has 39 heavy (non-hydrogen) atoms. The Labute approximate surface area is 234 Å². The molecular weight excluding hydrogens is 536 g/mol. The zero-order valence-electron chi connectivity index (χ0n) is 21.8. The highest BCUT2D eigenvalue weighted by molar-refractivity contribution is 7.12. The molecule has 3 aromatic heterocycles. The number of carboxylic acid groups (broad SMARTS) is 1. The second-order valence-corrected chi connectivity index (χ2v) is 11.9. The summed E-state index contributed by atoms with van der Waals surface area (Å²) < 4.78 is 13.6. The van der Waals surface area contributed by atoms with Crippen molar-refractivity contribution in [1.82, 2.24) is 9.47 Å². The number of carboxylic acids is 1. The van der Waals surface area contributed by atoms with Gasteiger partial charge in [-0.1, -0.05) is 18.2 Å². The number of rotatable bonds is 12. The van der Waals surface area contributed by atoms with E-state index in [0.717, 1.165) is 56.0 Å². The summed E-state index contributed by atoms with van der Waals surface area (Å²) in [6, 6.07) is 13.2. The molecule has 1 aliphatic rings. The maximum atomic E-state index is 12.7. The average molecular weight is 569 g/mol. The van der Waals surface area contributed by atoms with Gasteiger partial charge < -0.3 is 24.0 Å². The van der Waals surface area contributed by atoms with E-state index in [-0.39, 0.29) is 11.9 Å². The molecule has 1 fully saturated rings. The third-order valence-electron chi connectivity index (χ3n) is 7.59. The van der Waals surface area contributed by atoms with Gasteiger partial charge in [0.15, 0.2) is 5.58 Å². The van der Waals surface area contributed by atoms with Gasteiger partial charge in [0, 0.05) is 19.0 Å². The minimum Gasteiger partial charge on any atom is -0.479 e. The normalized spacial score (nSPS) is 18.1. The molecule has 1 N–H and O–H groups in total. The zero-order chi connectivity index (χ0) is 27.4. The molecule has 0 spiro atoms. The zero-order valence-corrected chi connectivity index (χ0v) is 23.4. The Morgan fingerprint density at radius 3 is 2.44 bits per heavy atom. The standard InChI is InChI=1S/C29H32N2O6S2/c1-30(14-4-15-31-23-12-7-20(13-16-32)19-24(23)36-28(31)35)21-8-10-22(11-9-21)37-29(27(33)34,25-5-2-17-38-25)26-6-3-18-39-26/h2-3,5-7,12,16-19,21-22H,4,8-11,13-15H2,1H3,(H,33,34). The summed E-state index contributed by atoms with van der Waals surface area (Å²) in [7, 11) is 2.10. The van der Waals surface area contributed by atoms with Crippen LogP contribution in [0.25, 0.3) is 11.1 Å². The first-order valence-corrected chi connectivity index (χ1v) is 14.9. The Balaban J connectivity index is 1.17. The number of nitrogens with zero attached hydrogens (tertiary/aromatic N) is 2. The fourth-order valence-electron chi connectivity index (χ4n) is 5.52. The number of oxazole rings is 1. The van der Waals surface area contributed by atoms with Crippen molar-refractivity contribution >= 4 is 46.0 Å². The fourth-order valence-corrected chi connectivity index (χ4v) is 7.33. The first kappa shape index (κ1) is 27.5. The molecule has 0 unspecified atom stereocenters. The van der Waals surface area contributed by atoms with Crippen LogP contribution in [0.15, 0.2) is 62.4 Å². The molecule has 10 heteroatoms. The largest absolute Gasteiger partial charge is 0.479 e. The van der Waals surface area contributed by atoms with E-state index < -0.39 is 11.6 Å². The minimum atomic E-state index is -1.47. The van der Waals surface area contributed by atoms with Crippen LogP contribution < -0.4 is 5.76 Å². The minimum absolute atomic E-state index is 0.144. The van der Waals surface area contributed by atoms with E-state index in [1.807, 2.05) is 47.2 Å². The lowest BCUT2D eigenvalue weighted by Gasteiger charge is -2.38. The average Bonchev–Trinajstić information content (AvgIpc) is 3.70. The summed E-state index contributed by atoms with van der Waals surface area (Å²) in [4.78, 5) is 39.6. The first-order valence-electron chi connectivity index (χ1n) is 13.2. The third-order valence-corrected chi connectivity index (χ3v) is 9.53. The number of carbonyl (C=O) groups is 2. The van der Waals surface area contributed by atoms with Crippen LogP contribution in [0.5, 0.6) is 0 Å². The number of fused-ring (bicyclic) bond motifs is 1. The van der Waals surface area contributed by atoms with Crippen LogP contribution in [0.3, 0.4) is 0 Å².